The van der Waals surface area contributed by atoms with Crippen LogP contribution in [0.2, 0.25) is 0 Å². The van der Waals surface area contributed by atoms with Crippen molar-refractivity contribution in [2.75, 3.05) is 0 Å². The number of hydrogen-bond acceptors (Lipinski definition) is 6. The van der Waals surface area contributed by atoms with Crippen LogP contribution in [0.3, 0.4) is 0 Å². The summed E-state index contributed by atoms with van der Waals surface area (Å²) in [5, 5.41) is 7.94. The lowest BCUT2D eigenvalue weighted by atomic mass is 9.76. The standard InChI is InChI=1S/C17H22N2O4/c1-11-7-8-12(21-11)10-18-22-15(20)17-9-5-6-13(17)14(19-23-17)16(2,3)4/h7-8,10,13H,5-6,9H2,1-4H3/b18-10+. The number of oxime groups is 2. The molecule has 2 atom stereocenters. The van der Waals surface area contributed by atoms with Gasteiger partial charge in [-0.3, -0.25) is 0 Å². The van der Waals surface area contributed by atoms with Crippen LogP contribution in [0, 0.1) is 18.3 Å². The summed E-state index contributed by atoms with van der Waals surface area (Å²) in [6, 6.07) is 3.58. The fourth-order valence-electron chi connectivity index (χ4n) is 3.30. The smallest absolute Gasteiger partial charge is 0.381 e. The van der Waals surface area contributed by atoms with Gasteiger partial charge >= 0.3 is 5.97 Å². The third kappa shape index (κ3) is 2.78. The van der Waals surface area contributed by atoms with Crippen molar-refractivity contribution in [3.63, 3.8) is 0 Å². The first-order valence-corrected chi connectivity index (χ1v) is 7.91. The van der Waals surface area contributed by atoms with Crippen LogP contribution in [0.25, 0.3) is 0 Å². The van der Waals surface area contributed by atoms with E-state index in [1.54, 1.807) is 6.07 Å². The van der Waals surface area contributed by atoms with Gasteiger partial charge in [-0.25, -0.2) is 4.79 Å². The first-order valence-electron chi connectivity index (χ1n) is 7.91. The third-order valence-electron chi connectivity index (χ3n) is 4.43. The molecule has 1 aliphatic heterocycles. The Kier molecular flexibility index (Phi) is 3.78. The quantitative estimate of drug-likeness (QED) is 0.486. The molecule has 1 aromatic heterocycles. The van der Waals surface area contributed by atoms with Crippen LogP contribution in [-0.4, -0.2) is 23.5 Å². The topological polar surface area (TPSA) is 73.4 Å². The second-order valence-electron chi connectivity index (χ2n) is 7.21. The number of aryl methyl sites for hydroxylation is 1. The van der Waals surface area contributed by atoms with Crippen molar-refractivity contribution in [2.24, 2.45) is 21.6 Å². The van der Waals surface area contributed by atoms with Gasteiger partial charge in [0.25, 0.3) is 0 Å². The molecule has 2 aliphatic rings. The molecule has 3 rings (SSSR count). The number of carbonyl (C=O) groups is 1. The number of nitrogens with zero attached hydrogens (tertiary/aromatic N) is 2. The second kappa shape index (κ2) is 5.51. The maximum atomic E-state index is 12.6. The normalized spacial score (nSPS) is 27.0. The summed E-state index contributed by atoms with van der Waals surface area (Å²) in [5.74, 6) is 0.794. The van der Waals surface area contributed by atoms with Crippen molar-refractivity contribution < 1.29 is 18.9 Å². The average Bonchev–Trinajstić information content (AvgIpc) is 3.11. The van der Waals surface area contributed by atoms with E-state index in [9.17, 15) is 4.79 Å². The molecule has 6 heteroatoms. The Morgan fingerprint density at radius 2 is 2.26 bits per heavy atom. The van der Waals surface area contributed by atoms with Crippen molar-refractivity contribution in [1.82, 2.24) is 0 Å². The lowest BCUT2D eigenvalue weighted by Crippen LogP contribution is -2.45. The maximum Gasteiger partial charge on any atom is 0.381 e. The number of furan rings is 1. The number of rotatable bonds is 3. The molecule has 1 aliphatic carbocycles. The SMILES string of the molecule is Cc1ccc(/C=N/OC(=O)C23CCCC2C(C(C)(C)C)=NO3)o1. The van der Waals surface area contributed by atoms with E-state index in [1.807, 2.05) is 13.0 Å². The Morgan fingerprint density at radius 1 is 1.48 bits per heavy atom. The van der Waals surface area contributed by atoms with E-state index in [1.165, 1.54) is 6.21 Å². The number of hydrogen-bond donors (Lipinski definition) is 0. The first-order chi connectivity index (χ1) is 10.8. The molecular weight excluding hydrogens is 296 g/mol. The van der Waals surface area contributed by atoms with E-state index < -0.39 is 11.6 Å². The van der Waals surface area contributed by atoms with Gasteiger partial charge in [0.1, 0.15) is 17.7 Å². The zero-order chi connectivity index (χ0) is 16.7. The van der Waals surface area contributed by atoms with Crippen LogP contribution >= 0.6 is 0 Å². The van der Waals surface area contributed by atoms with Gasteiger partial charge in [-0.2, -0.15) is 0 Å². The Bertz CT molecular complexity index is 668. The predicted octanol–water partition coefficient (Wildman–Crippen LogP) is 3.44. The van der Waals surface area contributed by atoms with Crippen LogP contribution < -0.4 is 0 Å². The highest BCUT2D eigenvalue weighted by atomic mass is 16.7. The van der Waals surface area contributed by atoms with Gasteiger partial charge in [0.15, 0.2) is 0 Å². The molecule has 0 N–H and O–H groups in total. The van der Waals surface area contributed by atoms with Gasteiger partial charge in [0.05, 0.1) is 11.6 Å². The maximum absolute atomic E-state index is 12.6. The minimum atomic E-state index is -1.01. The molecule has 1 saturated carbocycles. The van der Waals surface area contributed by atoms with E-state index >= 15 is 0 Å². The zero-order valence-electron chi connectivity index (χ0n) is 14.0. The van der Waals surface area contributed by atoms with Gasteiger partial charge in [-0.1, -0.05) is 31.1 Å². The highest BCUT2D eigenvalue weighted by Gasteiger charge is 2.60. The van der Waals surface area contributed by atoms with Crippen molar-refractivity contribution in [3.8, 4) is 0 Å². The second-order valence-corrected chi connectivity index (χ2v) is 7.21. The largest absolute Gasteiger partial charge is 0.460 e. The van der Waals surface area contributed by atoms with Gasteiger partial charge in [-0.15, -0.1) is 0 Å². The molecule has 0 amide bonds. The molecule has 0 aromatic carbocycles. The lowest BCUT2D eigenvalue weighted by molar-refractivity contribution is -0.171. The Balaban J connectivity index is 1.71. The van der Waals surface area contributed by atoms with Gasteiger partial charge < -0.3 is 14.1 Å². The molecule has 0 saturated heterocycles. The van der Waals surface area contributed by atoms with E-state index in [0.717, 1.165) is 24.3 Å². The monoisotopic (exact) mass is 318 g/mol. The van der Waals surface area contributed by atoms with Gasteiger partial charge in [-0.05, 0) is 31.9 Å². The van der Waals surface area contributed by atoms with Crippen LogP contribution in [0.15, 0.2) is 26.9 Å². The summed E-state index contributed by atoms with van der Waals surface area (Å²) in [5.41, 5.74) is -0.219. The van der Waals surface area contributed by atoms with Crippen LogP contribution in [0.1, 0.15) is 51.6 Å². The fraction of sp³-hybridized carbons (Fsp3) is 0.588. The summed E-state index contributed by atoms with van der Waals surface area (Å²) in [7, 11) is 0. The zero-order valence-corrected chi connectivity index (χ0v) is 14.0. The van der Waals surface area contributed by atoms with Crippen molar-refractivity contribution in [2.45, 2.75) is 52.6 Å². The van der Waals surface area contributed by atoms with E-state index in [4.69, 9.17) is 14.1 Å². The number of fused-ring (bicyclic) bond motifs is 1. The Labute approximate surface area is 135 Å². The molecule has 2 unspecified atom stereocenters. The highest BCUT2D eigenvalue weighted by molar-refractivity contribution is 5.99. The fourth-order valence-corrected chi connectivity index (χ4v) is 3.30. The van der Waals surface area contributed by atoms with Crippen LogP contribution in [0.5, 0.6) is 0 Å². The molecule has 2 heterocycles. The summed E-state index contributed by atoms with van der Waals surface area (Å²) in [4.78, 5) is 23.2. The minimum Gasteiger partial charge on any atom is -0.460 e. The summed E-state index contributed by atoms with van der Waals surface area (Å²) >= 11 is 0. The molecule has 0 bridgehead atoms. The third-order valence-corrected chi connectivity index (χ3v) is 4.43. The summed E-state index contributed by atoms with van der Waals surface area (Å²) < 4.78 is 5.34. The number of carbonyl (C=O) groups excluding carboxylic acids is 1. The summed E-state index contributed by atoms with van der Waals surface area (Å²) in [6.45, 7) is 8.06. The van der Waals surface area contributed by atoms with Crippen LogP contribution in [-0.2, 0) is 14.5 Å². The molecule has 23 heavy (non-hydrogen) atoms. The summed E-state index contributed by atoms with van der Waals surface area (Å²) in [6.07, 6.45) is 3.78. The molecule has 6 nitrogen and oxygen atoms in total. The minimum absolute atomic E-state index is 0.0314. The van der Waals surface area contributed by atoms with Crippen molar-refractivity contribution >= 4 is 17.9 Å². The first kappa shape index (κ1) is 15.8. The molecule has 0 spiro atoms. The molecule has 0 radical (unpaired) electrons. The van der Waals surface area contributed by atoms with Crippen molar-refractivity contribution in [1.29, 1.82) is 0 Å². The van der Waals surface area contributed by atoms with Crippen LogP contribution in [0.4, 0.5) is 0 Å². The predicted molar refractivity (Wildman–Crippen MR) is 85.2 cm³/mol. The van der Waals surface area contributed by atoms with Gasteiger partial charge in [0.2, 0.25) is 5.60 Å². The Morgan fingerprint density at radius 3 is 2.91 bits per heavy atom. The lowest BCUT2D eigenvalue weighted by Gasteiger charge is -2.26. The Hall–Kier alpha value is -2.11. The highest BCUT2D eigenvalue weighted by Crippen LogP contribution is 2.48. The van der Waals surface area contributed by atoms with Crippen molar-refractivity contribution in [3.05, 3.63) is 23.7 Å². The average molecular weight is 318 g/mol. The van der Waals surface area contributed by atoms with Gasteiger partial charge in [0, 0.05) is 11.8 Å². The molecule has 1 fully saturated rings. The molecule has 124 valence electrons. The van der Waals surface area contributed by atoms with E-state index in [0.29, 0.717) is 12.2 Å². The molecule has 1 aromatic rings. The van der Waals surface area contributed by atoms with E-state index in [-0.39, 0.29) is 11.3 Å². The molecular formula is C17H22N2O4. The van der Waals surface area contributed by atoms with E-state index in [2.05, 4.69) is 31.1 Å².